The Balaban J connectivity index is 1.94. The molecule has 0 atom stereocenters. The number of aromatic amines is 1. The lowest BCUT2D eigenvalue weighted by Gasteiger charge is -2.07. The fraction of sp³-hybridized carbons (Fsp3) is 0.143. The Morgan fingerprint density at radius 2 is 2.19 bits per heavy atom. The first-order valence-electron chi connectivity index (χ1n) is 6.44. The van der Waals surface area contributed by atoms with E-state index in [0.29, 0.717) is 5.02 Å². The van der Waals surface area contributed by atoms with E-state index in [0.717, 1.165) is 40.5 Å². The number of aromatic nitrogens is 3. The van der Waals surface area contributed by atoms with E-state index in [9.17, 15) is 0 Å². The monoisotopic (exact) mass is 319 g/mol. The fourth-order valence-electron chi connectivity index (χ4n) is 2.04. The zero-order valence-corrected chi connectivity index (χ0v) is 12.7. The summed E-state index contributed by atoms with van der Waals surface area (Å²) >= 11 is 7.54. The van der Waals surface area contributed by atoms with Crippen LogP contribution in [0.15, 0.2) is 36.5 Å². The highest BCUT2D eigenvalue weighted by atomic mass is 35.5. The summed E-state index contributed by atoms with van der Waals surface area (Å²) in [6.45, 7) is 0.745. The highest BCUT2D eigenvalue weighted by Gasteiger charge is 2.10. The van der Waals surface area contributed by atoms with Crippen LogP contribution in [-0.4, -0.2) is 27.2 Å². The number of nitrogens with two attached hydrogens (primary N) is 1. The van der Waals surface area contributed by atoms with Gasteiger partial charge >= 0.3 is 0 Å². The first-order chi connectivity index (χ1) is 10.3. The molecule has 5 nitrogen and oxygen atoms in total. The minimum absolute atomic E-state index is 0.563. The van der Waals surface area contributed by atoms with E-state index >= 15 is 0 Å². The molecule has 0 amide bonds. The molecule has 0 radical (unpaired) electrons. The number of imidazole rings is 1. The molecule has 0 unspecified atom stereocenters. The van der Waals surface area contributed by atoms with Gasteiger partial charge in [-0.05, 0) is 18.2 Å². The van der Waals surface area contributed by atoms with Gasteiger partial charge in [0, 0.05) is 24.1 Å². The molecule has 108 valence electrons. The Morgan fingerprint density at radius 3 is 3.00 bits per heavy atom. The van der Waals surface area contributed by atoms with Gasteiger partial charge < -0.3 is 10.3 Å². The first kappa shape index (κ1) is 14.2. The molecular formula is C14H14ClN5S. The van der Waals surface area contributed by atoms with Crippen LogP contribution in [0.1, 0.15) is 0 Å². The quantitative estimate of drug-likeness (QED) is 0.496. The molecule has 0 aliphatic heterocycles. The van der Waals surface area contributed by atoms with Gasteiger partial charge in [-0.3, -0.25) is 5.14 Å². The van der Waals surface area contributed by atoms with Crippen LogP contribution >= 0.6 is 23.5 Å². The molecule has 2 heterocycles. The Bertz CT molecular complexity index is 725. The topological polar surface area (TPSA) is 79.6 Å². The Hall–Kier alpha value is -1.76. The lowest BCUT2D eigenvalue weighted by Crippen LogP contribution is -2.07. The van der Waals surface area contributed by atoms with Gasteiger partial charge in [-0.1, -0.05) is 35.7 Å². The van der Waals surface area contributed by atoms with Gasteiger partial charge in [-0.15, -0.1) is 0 Å². The van der Waals surface area contributed by atoms with Crippen LogP contribution in [0.2, 0.25) is 5.02 Å². The van der Waals surface area contributed by atoms with Crippen molar-refractivity contribution in [3.05, 3.63) is 41.6 Å². The van der Waals surface area contributed by atoms with Crippen molar-refractivity contribution in [1.82, 2.24) is 15.0 Å². The van der Waals surface area contributed by atoms with E-state index in [-0.39, 0.29) is 0 Å². The molecular weight excluding hydrogens is 306 g/mol. The van der Waals surface area contributed by atoms with Crippen molar-refractivity contribution in [3.8, 4) is 11.4 Å². The van der Waals surface area contributed by atoms with Crippen molar-refractivity contribution in [2.24, 2.45) is 5.14 Å². The molecule has 0 bridgehead atoms. The largest absolute Gasteiger partial charge is 0.369 e. The van der Waals surface area contributed by atoms with Crippen molar-refractivity contribution >= 4 is 40.4 Å². The van der Waals surface area contributed by atoms with Crippen LogP contribution < -0.4 is 10.5 Å². The molecule has 0 aliphatic rings. The summed E-state index contributed by atoms with van der Waals surface area (Å²) in [5.74, 6) is 2.30. The molecule has 0 fully saturated rings. The third-order valence-corrected chi connectivity index (χ3v) is 3.77. The van der Waals surface area contributed by atoms with Crippen LogP contribution in [-0.2, 0) is 0 Å². The van der Waals surface area contributed by atoms with Crippen molar-refractivity contribution in [1.29, 1.82) is 0 Å². The number of nitrogens with zero attached hydrogens (tertiary/aromatic N) is 2. The third-order valence-electron chi connectivity index (χ3n) is 3.03. The number of rotatable bonds is 5. The van der Waals surface area contributed by atoms with Crippen molar-refractivity contribution in [2.75, 3.05) is 17.6 Å². The van der Waals surface area contributed by atoms with Crippen LogP contribution in [0.3, 0.4) is 0 Å². The summed E-state index contributed by atoms with van der Waals surface area (Å²) in [6, 6.07) is 9.76. The van der Waals surface area contributed by atoms with E-state index in [1.807, 2.05) is 30.3 Å². The number of benzene rings is 1. The van der Waals surface area contributed by atoms with Gasteiger partial charge in [0.1, 0.15) is 11.6 Å². The molecule has 0 saturated carbocycles. The second-order valence-corrected chi connectivity index (χ2v) is 5.60. The van der Waals surface area contributed by atoms with E-state index in [1.165, 1.54) is 11.9 Å². The van der Waals surface area contributed by atoms with Crippen molar-refractivity contribution in [2.45, 2.75) is 0 Å². The number of fused-ring (bicyclic) bond motifs is 1. The number of nitrogens with one attached hydrogen (secondary N) is 2. The smallest absolute Gasteiger partial charge is 0.140 e. The summed E-state index contributed by atoms with van der Waals surface area (Å²) in [6.07, 6.45) is 1.63. The lowest BCUT2D eigenvalue weighted by molar-refractivity contribution is 1.17. The fourth-order valence-corrected chi connectivity index (χ4v) is 2.45. The number of hydrogen-bond acceptors (Lipinski definition) is 5. The Labute approximate surface area is 131 Å². The predicted molar refractivity (Wildman–Crippen MR) is 89.5 cm³/mol. The molecule has 3 rings (SSSR count). The molecule has 1 aromatic carbocycles. The standard InChI is InChI=1S/C14H14ClN5S/c15-10-8-18-13(17-5-6-21-16)7-9(10)14-19-11-3-1-2-4-12(11)20-14/h1-4,7-8H,5-6,16H2,(H,17,18)(H,19,20). The van der Waals surface area contributed by atoms with Gasteiger partial charge in [-0.25, -0.2) is 9.97 Å². The van der Waals surface area contributed by atoms with E-state index in [2.05, 4.69) is 20.3 Å². The SMILES string of the molecule is NSCCNc1cc(-c2nc3ccccc3[nH]2)c(Cl)cn1. The van der Waals surface area contributed by atoms with Crippen LogP contribution in [0.25, 0.3) is 22.4 Å². The van der Waals surface area contributed by atoms with Gasteiger partial charge in [0.15, 0.2) is 0 Å². The third kappa shape index (κ3) is 3.12. The number of pyridine rings is 1. The highest BCUT2D eigenvalue weighted by molar-refractivity contribution is 7.97. The summed E-state index contributed by atoms with van der Waals surface area (Å²) in [4.78, 5) is 12.1. The minimum atomic E-state index is 0.563. The van der Waals surface area contributed by atoms with Gasteiger partial charge in [0.25, 0.3) is 0 Å². The maximum Gasteiger partial charge on any atom is 0.140 e. The number of anilines is 1. The average Bonchev–Trinajstić information content (AvgIpc) is 2.93. The molecule has 4 N–H and O–H groups in total. The molecule has 0 aliphatic carbocycles. The van der Waals surface area contributed by atoms with Crippen LogP contribution in [0.5, 0.6) is 0 Å². The zero-order valence-electron chi connectivity index (χ0n) is 11.1. The van der Waals surface area contributed by atoms with E-state index < -0.39 is 0 Å². The second kappa shape index (κ2) is 6.34. The van der Waals surface area contributed by atoms with Gasteiger partial charge in [0.2, 0.25) is 0 Å². The van der Waals surface area contributed by atoms with Gasteiger partial charge in [0.05, 0.1) is 16.1 Å². The molecule has 3 aromatic rings. The second-order valence-electron chi connectivity index (χ2n) is 4.45. The van der Waals surface area contributed by atoms with Crippen LogP contribution in [0, 0.1) is 0 Å². The summed E-state index contributed by atoms with van der Waals surface area (Å²) in [5, 5.41) is 9.17. The minimum Gasteiger partial charge on any atom is -0.369 e. The molecule has 2 aromatic heterocycles. The van der Waals surface area contributed by atoms with E-state index in [4.69, 9.17) is 16.7 Å². The van der Waals surface area contributed by atoms with Crippen molar-refractivity contribution in [3.63, 3.8) is 0 Å². The number of H-pyrrole nitrogens is 1. The summed E-state index contributed by atoms with van der Waals surface area (Å²) < 4.78 is 0. The van der Waals surface area contributed by atoms with Crippen molar-refractivity contribution < 1.29 is 0 Å². The summed E-state index contributed by atoms with van der Waals surface area (Å²) in [5.41, 5.74) is 2.72. The molecule has 0 spiro atoms. The molecule has 0 saturated heterocycles. The van der Waals surface area contributed by atoms with Crippen LogP contribution in [0.4, 0.5) is 5.82 Å². The normalized spacial score (nSPS) is 11.0. The summed E-state index contributed by atoms with van der Waals surface area (Å²) in [7, 11) is 0. The predicted octanol–water partition coefficient (Wildman–Crippen LogP) is 3.30. The number of hydrogen-bond donors (Lipinski definition) is 3. The Morgan fingerprint density at radius 1 is 1.33 bits per heavy atom. The first-order valence-corrected chi connectivity index (χ1v) is 7.87. The molecule has 21 heavy (non-hydrogen) atoms. The van der Waals surface area contributed by atoms with Gasteiger partial charge in [-0.2, -0.15) is 0 Å². The molecule has 7 heteroatoms. The highest BCUT2D eigenvalue weighted by Crippen LogP contribution is 2.28. The van der Waals surface area contributed by atoms with E-state index in [1.54, 1.807) is 6.20 Å². The maximum absolute atomic E-state index is 6.25. The average molecular weight is 320 g/mol. The number of para-hydroxylation sites is 2. The maximum atomic E-state index is 6.25. The number of halogens is 1. The Kier molecular flexibility index (Phi) is 4.28. The zero-order chi connectivity index (χ0) is 14.7. The lowest BCUT2D eigenvalue weighted by atomic mass is 10.2.